The molecule has 0 aliphatic carbocycles. The maximum absolute atomic E-state index is 10.4. The van der Waals surface area contributed by atoms with Crippen molar-refractivity contribution in [1.82, 2.24) is 0 Å². The molecule has 0 aromatic heterocycles. The van der Waals surface area contributed by atoms with E-state index >= 15 is 0 Å². The number of carbonyl (C=O) groups excluding carboxylic acids is 1. The number of Topliss-reactive ketones (excluding diaryl/α,β-unsaturated/α-hetero) is 1. The quantitative estimate of drug-likeness (QED) is 0.579. The molecule has 0 aromatic rings. The van der Waals surface area contributed by atoms with E-state index in [4.69, 9.17) is 5.11 Å². The zero-order valence-corrected chi connectivity index (χ0v) is 5.80. The Labute approximate surface area is 54.1 Å². The van der Waals surface area contributed by atoms with Crippen LogP contribution in [0.15, 0.2) is 0 Å². The van der Waals surface area contributed by atoms with E-state index in [0.29, 0.717) is 0 Å². The molecule has 0 amide bonds. The van der Waals surface area contributed by atoms with Gasteiger partial charge in [0.1, 0.15) is 12.7 Å². The summed E-state index contributed by atoms with van der Waals surface area (Å²) in [5, 5.41) is 8.51. The molecule has 0 fully saturated rings. The largest absolute Gasteiger partial charge is 0.386 e. The van der Waals surface area contributed by atoms with Gasteiger partial charge in [-0.3, -0.25) is 9.32 Å². The van der Waals surface area contributed by atoms with Gasteiger partial charge in [-0.05, 0) is 6.92 Å². The summed E-state index contributed by atoms with van der Waals surface area (Å²) in [6, 6.07) is 0. The van der Waals surface area contributed by atoms with Crippen molar-refractivity contribution in [3.8, 4) is 0 Å². The highest BCUT2D eigenvalue weighted by atomic mass is 31.1. The summed E-state index contributed by atoms with van der Waals surface area (Å²) in [6.45, 7) is 1.02. The summed E-state index contributed by atoms with van der Waals surface area (Å²) in [4.78, 5) is 10.4. The summed E-state index contributed by atoms with van der Waals surface area (Å²) in [5.74, 6) is -0.474. The van der Waals surface area contributed by atoms with Gasteiger partial charge in [-0.1, -0.05) is 0 Å². The summed E-state index contributed by atoms with van der Waals surface area (Å²) in [6.07, 6.45) is -1.04. The average Bonchev–Trinajstić information content (AvgIpc) is 1.82. The van der Waals surface area contributed by atoms with E-state index in [0.717, 1.165) is 0 Å². The van der Waals surface area contributed by atoms with Crippen LogP contribution in [0.3, 0.4) is 0 Å². The number of hydrogen-bond donors (Lipinski definition) is 1. The molecule has 52 valence electrons. The van der Waals surface area contributed by atoms with Crippen molar-refractivity contribution in [2.24, 2.45) is 0 Å². The van der Waals surface area contributed by atoms with Gasteiger partial charge in [0.2, 0.25) is 0 Å². The molecule has 1 unspecified atom stereocenters. The fourth-order valence-corrected chi connectivity index (χ4v) is 0.391. The molecule has 0 saturated carbocycles. The van der Waals surface area contributed by atoms with Crippen LogP contribution in [0.25, 0.3) is 0 Å². The molecule has 0 aliphatic heterocycles. The molecule has 0 radical (unpaired) electrons. The van der Waals surface area contributed by atoms with Crippen LogP contribution in [0.2, 0.25) is 0 Å². The summed E-state index contributed by atoms with van der Waals surface area (Å²) in [5.41, 5.74) is 0. The van der Waals surface area contributed by atoms with Crippen molar-refractivity contribution in [2.45, 2.75) is 13.0 Å². The lowest BCUT2D eigenvalue weighted by molar-refractivity contribution is -0.128. The molecule has 4 nitrogen and oxygen atoms in total. The third-order valence-corrected chi connectivity index (χ3v) is 0.960. The first-order valence-corrected chi connectivity index (χ1v) is 3.07. The van der Waals surface area contributed by atoms with Gasteiger partial charge in [-0.15, -0.1) is 0 Å². The molecule has 0 saturated heterocycles. The fraction of sp³-hybridized carbons (Fsp3) is 0.750. The Balaban J connectivity index is 3.38. The molecule has 9 heavy (non-hydrogen) atoms. The monoisotopic (exact) mass is 150 g/mol. The minimum absolute atomic E-state index is 0.303. The van der Waals surface area contributed by atoms with Crippen molar-refractivity contribution in [3.05, 3.63) is 0 Å². The summed E-state index contributed by atoms with van der Waals surface area (Å²) in [7, 11) is -0.537. The fourth-order valence-electron chi connectivity index (χ4n) is 0.211. The van der Waals surface area contributed by atoms with E-state index in [-0.39, 0.29) is 6.61 Å². The second kappa shape index (κ2) is 4.56. The Morgan fingerprint density at radius 1 is 1.89 bits per heavy atom. The Hall–Kier alpha value is -0.310. The normalized spacial score (nSPS) is 13.6. The maximum Gasteiger partial charge on any atom is 0.327 e. The van der Waals surface area contributed by atoms with E-state index in [1.54, 1.807) is 0 Å². The van der Waals surface area contributed by atoms with E-state index < -0.39 is 20.6 Å². The van der Waals surface area contributed by atoms with Gasteiger partial charge in [0.15, 0.2) is 5.78 Å². The zero-order valence-electron chi connectivity index (χ0n) is 4.90. The Kier molecular flexibility index (Phi) is 4.40. The van der Waals surface area contributed by atoms with Crippen molar-refractivity contribution < 1.29 is 19.0 Å². The molecular weight excluding hydrogens is 143 g/mol. The van der Waals surface area contributed by atoms with Gasteiger partial charge >= 0.3 is 8.69 Å². The molecule has 0 aliphatic rings. The molecule has 0 spiro atoms. The van der Waals surface area contributed by atoms with E-state index in [1.165, 1.54) is 6.92 Å². The van der Waals surface area contributed by atoms with E-state index in [1.807, 2.05) is 0 Å². The summed E-state index contributed by atoms with van der Waals surface area (Å²) >= 11 is 0. The highest BCUT2D eigenvalue weighted by Gasteiger charge is 2.07. The van der Waals surface area contributed by atoms with Gasteiger partial charge in [0.05, 0.1) is 0 Å². The second-order valence-corrected chi connectivity index (χ2v) is 1.90. The molecule has 5 heteroatoms. The predicted octanol–water partition coefficient (Wildman–Crippen LogP) is 0.160. The zero-order chi connectivity index (χ0) is 7.28. The minimum atomic E-state index is -1.04. The van der Waals surface area contributed by atoms with Crippen LogP contribution >= 0.6 is 8.69 Å². The van der Waals surface area contributed by atoms with Crippen molar-refractivity contribution in [1.29, 1.82) is 0 Å². The molecule has 1 N–H and O–H groups in total. The van der Waals surface area contributed by atoms with Gasteiger partial charge in [-0.2, -0.15) is 0 Å². The number of carbonyl (C=O) groups is 1. The number of aliphatic hydroxyl groups excluding tert-OH is 1. The van der Waals surface area contributed by atoms with Crippen molar-refractivity contribution in [3.63, 3.8) is 0 Å². The standard InChI is InChI=1S/C4H7O4P/c1-3(5)4(6)2-8-9-7/h3,5H,2H2,1H3. The molecule has 0 aromatic carbocycles. The Bertz CT molecular complexity index is 111. The number of ketones is 1. The van der Waals surface area contributed by atoms with Crippen LogP contribution in [0.1, 0.15) is 6.92 Å². The van der Waals surface area contributed by atoms with Crippen LogP contribution in [0, 0.1) is 0 Å². The molecule has 0 heterocycles. The van der Waals surface area contributed by atoms with Gasteiger partial charge in [-0.25, -0.2) is 4.57 Å². The van der Waals surface area contributed by atoms with Crippen LogP contribution < -0.4 is 0 Å². The number of rotatable bonds is 4. The van der Waals surface area contributed by atoms with Gasteiger partial charge in [0.25, 0.3) is 0 Å². The topological polar surface area (TPSA) is 63.6 Å². The second-order valence-electron chi connectivity index (χ2n) is 1.49. The van der Waals surface area contributed by atoms with E-state index in [9.17, 15) is 9.36 Å². The summed E-state index contributed by atoms with van der Waals surface area (Å²) < 4.78 is 13.7. The average molecular weight is 150 g/mol. The lowest BCUT2D eigenvalue weighted by Gasteiger charge is -1.97. The highest BCUT2D eigenvalue weighted by molar-refractivity contribution is 7.17. The number of hydrogen-bond acceptors (Lipinski definition) is 4. The molecular formula is C4H7O4P. The smallest absolute Gasteiger partial charge is 0.327 e. The first-order chi connectivity index (χ1) is 4.18. The van der Waals surface area contributed by atoms with Crippen LogP contribution in [0.4, 0.5) is 0 Å². The predicted molar refractivity (Wildman–Crippen MR) is 30.2 cm³/mol. The first kappa shape index (κ1) is 8.69. The highest BCUT2D eigenvalue weighted by Crippen LogP contribution is 1.94. The Morgan fingerprint density at radius 2 is 2.44 bits per heavy atom. The molecule has 1 atom stereocenters. The molecule has 0 bridgehead atoms. The Morgan fingerprint density at radius 3 is 2.78 bits per heavy atom. The lowest BCUT2D eigenvalue weighted by Crippen LogP contribution is -2.19. The SMILES string of the molecule is CC(O)C(=O)COP=O. The first-order valence-electron chi connectivity index (χ1n) is 2.34. The third kappa shape index (κ3) is 4.21. The van der Waals surface area contributed by atoms with Crippen molar-refractivity contribution >= 4 is 14.5 Å². The van der Waals surface area contributed by atoms with Crippen LogP contribution in [-0.4, -0.2) is 23.6 Å². The number of aliphatic hydroxyl groups is 1. The minimum Gasteiger partial charge on any atom is -0.386 e. The molecule has 0 rings (SSSR count). The van der Waals surface area contributed by atoms with Crippen molar-refractivity contribution in [2.75, 3.05) is 6.61 Å². The lowest BCUT2D eigenvalue weighted by atomic mass is 10.3. The third-order valence-electron chi connectivity index (χ3n) is 0.725. The van der Waals surface area contributed by atoms with Gasteiger partial charge < -0.3 is 5.11 Å². The van der Waals surface area contributed by atoms with Crippen LogP contribution in [0.5, 0.6) is 0 Å². The van der Waals surface area contributed by atoms with E-state index in [2.05, 4.69) is 4.52 Å². The maximum atomic E-state index is 10.4. The van der Waals surface area contributed by atoms with Gasteiger partial charge in [0, 0.05) is 0 Å². The van der Waals surface area contributed by atoms with Crippen LogP contribution in [-0.2, 0) is 13.9 Å².